The van der Waals surface area contributed by atoms with Crippen LogP contribution in [-0.4, -0.2) is 47.7 Å². The Labute approximate surface area is 209 Å². The standard InChI is InChI=1S/C29H38ClNO3/c1-21(6-7-22(2)30)29(25-12-14-27(15-13-25)31(16-18-32)17-19-33)24-10-8-23(9-11-24)26-4-3-5-28(34)20-26/h6-15,26,28-29,32-34H,3-5,16-20H2,1-2H3. The molecule has 1 saturated carbocycles. The van der Waals surface area contributed by atoms with Gasteiger partial charge in [-0.2, -0.15) is 0 Å². The van der Waals surface area contributed by atoms with E-state index >= 15 is 0 Å². The van der Waals surface area contributed by atoms with Crippen LogP contribution in [0.5, 0.6) is 0 Å². The van der Waals surface area contributed by atoms with Gasteiger partial charge in [-0.25, -0.2) is 0 Å². The Kier molecular flexibility index (Phi) is 10.2. The molecular weight excluding hydrogens is 446 g/mol. The van der Waals surface area contributed by atoms with Crippen LogP contribution in [0.15, 0.2) is 71.3 Å². The summed E-state index contributed by atoms with van der Waals surface area (Å²) < 4.78 is 0. The SMILES string of the molecule is CC(Cl)=CC=C(C)C(c1ccc(C2CCCC(O)C2)cc1)c1ccc(N(CCO)CCO)cc1. The zero-order valence-electron chi connectivity index (χ0n) is 20.3. The van der Waals surface area contributed by atoms with Crippen molar-refractivity contribution in [3.05, 3.63) is 88.0 Å². The van der Waals surface area contributed by atoms with Gasteiger partial charge < -0.3 is 20.2 Å². The molecule has 34 heavy (non-hydrogen) atoms. The molecule has 0 bridgehead atoms. The van der Waals surface area contributed by atoms with E-state index in [-0.39, 0.29) is 25.2 Å². The molecule has 0 heterocycles. The maximum absolute atomic E-state index is 10.1. The Morgan fingerprint density at radius 3 is 2.06 bits per heavy atom. The summed E-state index contributed by atoms with van der Waals surface area (Å²) in [7, 11) is 0. The van der Waals surface area contributed by atoms with Gasteiger partial charge >= 0.3 is 0 Å². The van der Waals surface area contributed by atoms with Crippen LogP contribution in [0, 0.1) is 0 Å². The van der Waals surface area contributed by atoms with E-state index in [0.29, 0.717) is 19.0 Å². The first kappa shape index (κ1) is 26.5. The Hall–Kier alpha value is -2.11. The van der Waals surface area contributed by atoms with Crippen molar-refractivity contribution < 1.29 is 15.3 Å². The fourth-order valence-electron chi connectivity index (χ4n) is 4.98. The van der Waals surface area contributed by atoms with Crippen LogP contribution in [0.3, 0.4) is 0 Å². The molecule has 1 fully saturated rings. The van der Waals surface area contributed by atoms with Crippen LogP contribution in [0.2, 0.25) is 0 Å². The average Bonchev–Trinajstić information content (AvgIpc) is 2.84. The number of halogens is 1. The van der Waals surface area contributed by atoms with Crippen molar-refractivity contribution in [2.75, 3.05) is 31.2 Å². The highest BCUT2D eigenvalue weighted by Gasteiger charge is 2.22. The van der Waals surface area contributed by atoms with E-state index < -0.39 is 0 Å². The quantitative estimate of drug-likeness (QED) is 0.378. The number of allylic oxidation sites excluding steroid dienone is 4. The van der Waals surface area contributed by atoms with E-state index in [1.165, 1.54) is 22.3 Å². The zero-order valence-corrected chi connectivity index (χ0v) is 21.1. The number of rotatable bonds is 10. The lowest BCUT2D eigenvalue weighted by molar-refractivity contribution is 0.119. The molecule has 5 heteroatoms. The third-order valence-electron chi connectivity index (χ3n) is 6.75. The van der Waals surface area contributed by atoms with Gasteiger partial charge in [-0.1, -0.05) is 66.1 Å². The number of benzene rings is 2. The Bertz CT molecular complexity index is 894. The number of nitrogens with zero attached hydrogens (tertiary/aromatic N) is 1. The molecule has 3 N–H and O–H groups in total. The summed E-state index contributed by atoms with van der Waals surface area (Å²) in [4.78, 5) is 1.98. The van der Waals surface area contributed by atoms with Crippen LogP contribution in [0.1, 0.15) is 68.1 Å². The smallest absolute Gasteiger partial charge is 0.0606 e. The molecule has 0 radical (unpaired) electrons. The first-order chi connectivity index (χ1) is 16.4. The van der Waals surface area contributed by atoms with Crippen molar-refractivity contribution in [1.82, 2.24) is 0 Å². The molecule has 3 rings (SSSR count). The van der Waals surface area contributed by atoms with E-state index in [1.54, 1.807) is 0 Å². The van der Waals surface area contributed by atoms with E-state index in [0.717, 1.165) is 36.4 Å². The van der Waals surface area contributed by atoms with Gasteiger partial charge in [0.15, 0.2) is 0 Å². The second-order valence-electron chi connectivity index (χ2n) is 9.31. The molecule has 2 aromatic carbocycles. The summed E-state index contributed by atoms with van der Waals surface area (Å²) in [5, 5.41) is 29.5. The van der Waals surface area contributed by atoms with Crippen molar-refractivity contribution in [2.45, 2.75) is 57.5 Å². The van der Waals surface area contributed by atoms with Gasteiger partial charge in [0.1, 0.15) is 0 Å². The van der Waals surface area contributed by atoms with Crippen molar-refractivity contribution in [3.63, 3.8) is 0 Å². The highest BCUT2D eigenvalue weighted by Crippen LogP contribution is 2.36. The van der Waals surface area contributed by atoms with Crippen molar-refractivity contribution in [1.29, 1.82) is 0 Å². The molecule has 0 saturated heterocycles. The fourth-order valence-corrected chi connectivity index (χ4v) is 5.04. The Morgan fingerprint density at radius 2 is 1.53 bits per heavy atom. The van der Waals surface area contributed by atoms with Gasteiger partial charge in [0.2, 0.25) is 0 Å². The predicted molar refractivity (Wildman–Crippen MR) is 142 cm³/mol. The number of hydrogen-bond acceptors (Lipinski definition) is 4. The minimum absolute atomic E-state index is 0.0424. The molecule has 3 atom stereocenters. The van der Waals surface area contributed by atoms with Gasteiger partial charge in [0.05, 0.1) is 19.3 Å². The summed E-state index contributed by atoms with van der Waals surface area (Å²) in [6.07, 6.45) is 7.81. The van der Waals surface area contributed by atoms with E-state index in [1.807, 2.05) is 17.9 Å². The minimum atomic E-state index is -0.184. The molecule has 184 valence electrons. The van der Waals surface area contributed by atoms with Gasteiger partial charge in [0, 0.05) is 29.7 Å². The van der Waals surface area contributed by atoms with E-state index in [2.05, 4.69) is 61.5 Å². The lowest BCUT2D eigenvalue weighted by Gasteiger charge is -2.27. The van der Waals surface area contributed by atoms with Gasteiger partial charge in [0.25, 0.3) is 0 Å². The lowest BCUT2D eigenvalue weighted by Crippen LogP contribution is -2.29. The molecule has 0 amide bonds. The van der Waals surface area contributed by atoms with Crippen LogP contribution < -0.4 is 4.90 Å². The number of anilines is 1. The normalized spacial score (nSPS) is 20.3. The third-order valence-corrected chi connectivity index (χ3v) is 6.88. The van der Waals surface area contributed by atoms with Crippen LogP contribution >= 0.6 is 11.6 Å². The van der Waals surface area contributed by atoms with Gasteiger partial charge in [-0.3, -0.25) is 0 Å². The van der Waals surface area contributed by atoms with E-state index in [4.69, 9.17) is 11.6 Å². The summed E-state index contributed by atoms with van der Waals surface area (Å²) >= 11 is 6.10. The van der Waals surface area contributed by atoms with Crippen LogP contribution in [0.25, 0.3) is 0 Å². The molecule has 1 aliphatic rings. The fraction of sp³-hybridized carbons (Fsp3) is 0.448. The third kappa shape index (κ3) is 7.19. The maximum Gasteiger partial charge on any atom is 0.0606 e. The second kappa shape index (κ2) is 13.1. The molecule has 2 aromatic rings. The number of aliphatic hydroxyl groups excluding tert-OH is 3. The van der Waals surface area contributed by atoms with Crippen molar-refractivity contribution >= 4 is 17.3 Å². The molecular formula is C29H38ClNO3. The van der Waals surface area contributed by atoms with Crippen molar-refractivity contribution in [2.24, 2.45) is 0 Å². The monoisotopic (exact) mass is 483 g/mol. The maximum atomic E-state index is 10.1. The summed E-state index contributed by atoms with van der Waals surface area (Å²) in [6, 6.07) is 17.2. The van der Waals surface area contributed by atoms with Crippen LogP contribution in [-0.2, 0) is 0 Å². The number of aliphatic hydroxyl groups is 3. The van der Waals surface area contributed by atoms with Gasteiger partial charge in [-0.05, 0) is 73.9 Å². The lowest BCUT2D eigenvalue weighted by atomic mass is 9.80. The average molecular weight is 484 g/mol. The summed E-state index contributed by atoms with van der Waals surface area (Å²) in [5.74, 6) is 0.509. The van der Waals surface area contributed by atoms with E-state index in [9.17, 15) is 15.3 Å². The summed E-state index contributed by atoms with van der Waals surface area (Å²) in [5.41, 5.74) is 5.86. The molecule has 0 spiro atoms. The topological polar surface area (TPSA) is 63.9 Å². The highest BCUT2D eigenvalue weighted by atomic mass is 35.5. The minimum Gasteiger partial charge on any atom is -0.395 e. The zero-order chi connectivity index (χ0) is 24.5. The van der Waals surface area contributed by atoms with Crippen LogP contribution in [0.4, 0.5) is 5.69 Å². The molecule has 0 aliphatic heterocycles. The molecule has 0 aromatic heterocycles. The highest BCUT2D eigenvalue weighted by molar-refractivity contribution is 6.29. The largest absolute Gasteiger partial charge is 0.395 e. The predicted octanol–water partition coefficient (Wildman–Crippen LogP) is 5.72. The second-order valence-corrected chi connectivity index (χ2v) is 9.90. The Balaban J connectivity index is 1.91. The molecule has 1 aliphatic carbocycles. The number of hydrogen-bond donors (Lipinski definition) is 3. The molecule has 3 unspecified atom stereocenters. The summed E-state index contributed by atoms with van der Waals surface area (Å²) in [6.45, 7) is 5.06. The first-order valence-electron chi connectivity index (χ1n) is 12.3. The first-order valence-corrected chi connectivity index (χ1v) is 12.7. The Morgan fingerprint density at radius 1 is 0.941 bits per heavy atom. The van der Waals surface area contributed by atoms with Gasteiger partial charge in [-0.15, -0.1) is 0 Å². The van der Waals surface area contributed by atoms with Crippen molar-refractivity contribution in [3.8, 4) is 0 Å². The molecule has 4 nitrogen and oxygen atoms in total.